The maximum absolute atomic E-state index is 13.2. The summed E-state index contributed by atoms with van der Waals surface area (Å²) in [6.07, 6.45) is 1.43. The molecule has 2 aromatic carbocycles. The largest absolute Gasteiger partial charge is 0.463 e. The van der Waals surface area contributed by atoms with Crippen molar-refractivity contribution in [2.75, 3.05) is 7.11 Å². The van der Waals surface area contributed by atoms with Crippen molar-refractivity contribution in [1.82, 2.24) is 9.55 Å². The van der Waals surface area contributed by atoms with E-state index >= 15 is 0 Å². The Labute approximate surface area is 175 Å². The van der Waals surface area contributed by atoms with E-state index in [4.69, 9.17) is 20.8 Å². The summed E-state index contributed by atoms with van der Waals surface area (Å²) in [6.45, 7) is 0. The van der Waals surface area contributed by atoms with Crippen LogP contribution in [0.1, 0.15) is 16.1 Å². The Morgan fingerprint density at radius 1 is 1.21 bits per heavy atom. The number of furan rings is 1. The van der Waals surface area contributed by atoms with Crippen molar-refractivity contribution in [3.63, 3.8) is 0 Å². The lowest BCUT2D eigenvalue weighted by atomic mass is 10.2. The third-order valence-electron chi connectivity index (χ3n) is 4.29. The molecule has 0 saturated carbocycles. The average Bonchev–Trinajstić information content (AvgIpc) is 3.20. The van der Waals surface area contributed by atoms with Gasteiger partial charge in [-0.3, -0.25) is 9.36 Å². The van der Waals surface area contributed by atoms with Crippen molar-refractivity contribution in [1.29, 1.82) is 0 Å². The van der Waals surface area contributed by atoms with Crippen LogP contribution in [0.2, 0.25) is 5.02 Å². The van der Waals surface area contributed by atoms with Crippen LogP contribution in [0.5, 0.6) is 0 Å². The number of para-hydroxylation sites is 1. The molecule has 0 saturated heterocycles. The van der Waals surface area contributed by atoms with E-state index in [1.165, 1.54) is 29.7 Å². The highest BCUT2D eigenvalue weighted by Gasteiger charge is 2.18. The van der Waals surface area contributed by atoms with E-state index in [1.807, 2.05) is 6.07 Å². The molecule has 0 bridgehead atoms. The summed E-state index contributed by atoms with van der Waals surface area (Å²) in [7, 11) is 1.30. The van der Waals surface area contributed by atoms with Gasteiger partial charge in [0.15, 0.2) is 5.16 Å². The van der Waals surface area contributed by atoms with E-state index in [9.17, 15) is 9.59 Å². The summed E-state index contributed by atoms with van der Waals surface area (Å²) < 4.78 is 11.5. The molecule has 146 valence electrons. The summed E-state index contributed by atoms with van der Waals surface area (Å²) in [5.74, 6) is -0.0477. The molecule has 2 heterocycles. The van der Waals surface area contributed by atoms with E-state index in [0.29, 0.717) is 38.1 Å². The number of methoxy groups -OCH3 is 1. The van der Waals surface area contributed by atoms with Crippen molar-refractivity contribution < 1.29 is 13.9 Å². The highest BCUT2D eigenvalue weighted by molar-refractivity contribution is 7.98. The normalized spacial score (nSPS) is 11.0. The number of esters is 1. The van der Waals surface area contributed by atoms with E-state index in [0.717, 1.165) is 0 Å². The fraction of sp³-hybridized carbons (Fsp3) is 0.0952. The van der Waals surface area contributed by atoms with Crippen LogP contribution in [0.3, 0.4) is 0 Å². The third-order valence-corrected chi connectivity index (χ3v) is 5.51. The van der Waals surface area contributed by atoms with Crippen LogP contribution in [0.4, 0.5) is 0 Å². The minimum atomic E-state index is -0.552. The maximum Gasteiger partial charge on any atom is 0.374 e. The fourth-order valence-corrected chi connectivity index (χ4v) is 4.09. The highest BCUT2D eigenvalue weighted by Crippen LogP contribution is 2.27. The number of carbonyl (C=O) groups is 1. The van der Waals surface area contributed by atoms with E-state index in [1.54, 1.807) is 48.5 Å². The predicted octanol–water partition coefficient (Wildman–Crippen LogP) is 4.71. The van der Waals surface area contributed by atoms with E-state index in [2.05, 4.69) is 4.98 Å². The Kier molecular flexibility index (Phi) is 5.42. The zero-order valence-electron chi connectivity index (χ0n) is 15.3. The number of carbonyl (C=O) groups excluding carboxylic acids is 1. The molecule has 0 fully saturated rings. The van der Waals surface area contributed by atoms with Crippen molar-refractivity contribution in [3.8, 4) is 5.69 Å². The minimum absolute atomic E-state index is 0.137. The van der Waals surface area contributed by atoms with Gasteiger partial charge in [-0.15, -0.1) is 0 Å². The van der Waals surface area contributed by atoms with Gasteiger partial charge in [0, 0.05) is 16.3 Å². The molecule has 0 amide bonds. The second-order valence-corrected chi connectivity index (χ2v) is 7.47. The topological polar surface area (TPSA) is 74.3 Å². The van der Waals surface area contributed by atoms with Crippen LogP contribution in [0.15, 0.2) is 75.2 Å². The molecule has 0 unspecified atom stereocenters. The third kappa shape index (κ3) is 3.79. The smallest absolute Gasteiger partial charge is 0.374 e. The number of nitrogens with zero attached hydrogens (tertiary/aromatic N) is 2. The molecule has 0 aliphatic heterocycles. The van der Waals surface area contributed by atoms with Gasteiger partial charge in [0.05, 0.1) is 30.0 Å². The molecular weight excluding hydrogens is 412 g/mol. The average molecular weight is 427 g/mol. The Bertz CT molecular complexity index is 1270. The number of thioether (sulfide) groups is 1. The number of halogens is 1. The molecule has 0 radical (unpaired) electrons. The molecule has 4 aromatic rings. The van der Waals surface area contributed by atoms with Crippen LogP contribution >= 0.6 is 23.4 Å². The number of hydrogen-bond acceptors (Lipinski definition) is 6. The predicted molar refractivity (Wildman–Crippen MR) is 112 cm³/mol. The first-order valence-electron chi connectivity index (χ1n) is 8.63. The summed E-state index contributed by atoms with van der Waals surface area (Å²) in [4.78, 5) is 29.7. The van der Waals surface area contributed by atoms with E-state index in [-0.39, 0.29) is 11.3 Å². The quantitative estimate of drug-likeness (QED) is 0.261. The van der Waals surface area contributed by atoms with Crippen LogP contribution in [0.25, 0.3) is 16.6 Å². The molecule has 2 aromatic heterocycles. The standard InChI is InChI=1S/C21H15ClN2O4S/c1-27-20(26)18-13(9-10-28-18)12-29-21-23-17-8-3-2-7-16(17)19(25)24(21)15-6-4-5-14(22)11-15/h2-11H,12H2,1H3. The fourth-order valence-electron chi connectivity index (χ4n) is 2.92. The molecule has 0 atom stereocenters. The number of fused-ring (bicyclic) bond motifs is 1. The van der Waals surface area contributed by atoms with Crippen molar-refractivity contribution in [2.45, 2.75) is 10.9 Å². The Morgan fingerprint density at radius 2 is 2.03 bits per heavy atom. The van der Waals surface area contributed by atoms with Crippen LogP contribution in [-0.4, -0.2) is 22.6 Å². The lowest BCUT2D eigenvalue weighted by Gasteiger charge is -2.13. The van der Waals surface area contributed by atoms with Gasteiger partial charge in [-0.05, 0) is 36.4 Å². The zero-order chi connectivity index (χ0) is 20.4. The number of hydrogen-bond donors (Lipinski definition) is 0. The SMILES string of the molecule is COC(=O)c1occc1CSc1nc2ccccc2c(=O)n1-c1cccc(Cl)c1. The molecular formula is C21H15ClN2O4S. The van der Waals surface area contributed by atoms with Crippen molar-refractivity contribution >= 4 is 40.2 Å². The number of aromatic nitrogens is 2. The minimum Gasteiger partial charge on any atom is -0.463 e. The summed E-state index contributed by atoms with van der Waals surface area (Å²) in [6, 6.07) is 15.9. The molecule has 29 heavy (non-hydrogen) atoms. The summed E-state index contributed by atoms with van der Waals surface area (Å²) >= 11 is 7.46. The monoisotopic (exact) mass is 426 g/mol. The molecule has 0 spiro atoms. The van der Waals surface area contributed by atoms with Gasteiger partial charge < -0.3 is 9.15 Å². The maximum atomic E-state index is 13.2. The second kappa shape index (κ2) is 8.14. The Morgan fingerprint density at radius 3 is 2.83 bits per heavy atom. The first-order valence-corrected chi connectivity index (χ1v) is 10.00. The van der Waals surface area contributed by atoms with Gasteiger partial charge in [0.25, 0.3) is 5.56 Å². The molecule has 6 nitrogen and oxygen atoms in total. The van der Waals surface area contributed by atoms with Crippen molar-refractivity contribution in [3.05, 3.63) is 87.6 Å². The van der Waals surface area contributed by atoms with Crippen molar-refractivity contribution in [2.24, 2.45) is 0 Å². The first kappa shape index (κ1) is 19.3. The van der Waals surface area contributed by atoms with Crippen LogP contribution < -0.4 is 5.56 Å². The molecule has 0 aliphatic rings. The summed E-state index contributed by atoms with van der Waals surface area (Å²) in [5, 5.41) is 1.50. The van der Waals surface area contributed by atoms with Gasteiger partial charge in [-0.1, -0.05) is 41.6 Å². The highest BCUT2D eigenvalue weighted by atomic mass is 35.5. The molecule has 0 N–H and O–H groups in total. The van der Waals surface area contributed by atoms with E-state index < -0.39 is 5.97 Å². The zero-order valence-corrected chi connectivity index (χ0v) is 16.9. The van der Waals surface area contributed by atoms with Gasteiger partial charge in [-0.2, -0.15) is 0 Å². The first-order chi connectivity index (χ1) is 14.1. The molecule has 0 aliphatic carbocycles. The lowest BCUT2D eigenvalue weighted by Crippen LogP contribution is -2.21. The molecule has 4 rings (SSSR count). The second-order valence-electron chi connectivity index (χ2n) is 6.09. The summed E-state index contributed by atoms with van der Waals surface area (Å²) in [5.41, 5.74) is 1.67. The van der Waals surface area contributed by atoms with Gasteiger partial charge in [0.1, 0.15) is 0 Å². The van der Waals surface area contributed by atoms with Gasteiger partial charge in [0.2, 0.25) is 5.76 Å². The Balaban J connectivity index is 1.81. The number of rotatable bonds is 5. The van der Waals surface area contributed by atoms with Gasteiger partial charge >= 0.3 is 5.97 Å². The number of benzene rings is 2. The van der Waals surface area contributed by atoms with Crippen LogP contribution in [0, 0.1) is 0 Å². The molecule has 8 heteroatoms. The lowest BCUT2D eigenvalue weighted by molar-refractivity contribution is 0.0564. The number of ether oxygens (including phenoxy) is 1. The van der Waals surface area contributed by atoms with Gasteiger partial charge in [-0.25, -0.2) is 9.78 Å². The Hall–Kier alpha value is -3.03. The van der Waals surface area contributed by atoms with Crippen LogP contribution in [-0.2, 0) is 10.5 Å².